The Bertz CT molecular complexity index is 396. The molecule has 0 radical (unpaired) electrons. The van der Waals surface area contributed by atoms with Gasteiger partial charge in [-0.1, -0.05) is 12.1 Å². The molecule has 1 unspecified atom stereocenters. The van der Waals surface area contributed by atoms with Crippen LogP contribution in [0.15, 0.2) is 18.2 Å². The fourth-order valence-electron chi connectivity index (χ4n) is 1.45. The van der Waals surface area contributed by atoms with Gasteiger partial charge in [0, 0.05) is 6.42 Å². The van der Waals surface area contributed by atoms with Gasteiger partial charge in [-0.05, 0) is 31.0 Å². The van der Waals surface area contributed by atoms with Crippen molar-refractivity contribution in [1.29, 1.82) is 0 Å². The average molecular weight is 224 g/mol. The normalized spacial score (nSPS) is 14.2. The number of aliphatic carboxylic acids is 1. The van der Waals surface area contributed by atoms with Gasteiger partial charge in [0.2, 0.25) is 0 Å². The van der Waals surface area contributed by atoms with Crippen molar-refractivity contribution in [2.24, 2.45) is 0 Å². The highest BCUT2D eigenvalue weighted by Crippen LogP contribution is 2.22. The molecule has 0 amide bonds. The third kappa shape index (κ3) is 2.73. The van der Waals surface area contributed by atoms with Crippen LogP contribution in [0, 0.1) is 6.92 Å². The highest BCUT2D eigenvalue weighted by atomic mass is 16.5. The molecule has 4 nitrogen and oxygen atoms in total. The number of carboxylic acid groups (broad SMARTS) is 1. The molecule has 0 aliphatic rings. The lowest BCUT2D eigenvalue weighted by molar-refractivity contribution is -0.156. The van der Waals surface area contributed by atoms with E-state index in [2.05, 4.69) is 0 Å². The Balaban J connectivity index is 2.94. The molecule has 0 aromatic heterocycles. The molecule has 0 aliphatic carbocycles. The van der Waals surface area contributed by atoms with E-state index in [1.54, 1.807) is 19.2 Å². The van der Waals surface area contributed by atoms with Gasteiger partial charge in [-0.25, -0.2) is 4.79 Å². The first-order valence-corrected chi connectivity index (χ1v) is 4.96. The van der Waals surface area contributed by atoms with Crippen molar-refractivity contribution in [3.05, 3.63) is 29.3 Å². The predicted octanol–water partition coefficient (Wildman–Crippen LogP) is 1.38. The van der Waals surface area contributed by atoms with Crippen LogP contribution in [0.3, 0.4) is 0 Å². The topological polar surface area (TPSA) is 66.8 Å². The Morgan fingerprint density at radius 3 is 2.62 bits per heavy atom. The number of methoxy groups -OCH3 is 1. The number of hydrogen-bond acceptors (Lipinski definition) is 3. The molecule has 0 saturated heterocycles. The minimum absolute atomic E-state index is 0.0545. The molecule has 88 valence electrons. The number of aliphatic hydroxyl groups is 1. The van der Waals surface area contributed by atoms with Crippen molar-refractivity contribution in [3.8, 4) is 5.75 Å². The highest BCUT2D eigenvalue weighted by molar-refractivity contribution is 5.77. The first-order valence-electron chi connectivity index (χ1n) is 4.96. The Kier molecular flexibility index (Phi) is 3.55. The molecular formula is C12H16O4. The van der Waals surface area contributed by atoms with Crippen LogP contribution in [0.1, 0.15) is 18.1 Å². The third-order valence-corrected chi connectivity index (χ3v) is 2.48. The summed E-state index contributed by atoms with van der Waals surface area (Å²) in [5.41, 5.74) is -0.0450. The van der Waals surface area contributed by atoms with Crippen LogP contribution in [0.4, 0.5) is 0 Å². The largest absolute Gasteiger partial charge is 0.496 e. The van der Waals surface area contributed by atoms with E-state index in [9.17, 15) is 9.90 Å². The smallest absolute Gasteiger partial charge is 0.335 e. The van der Waals surface area contributed by atoms with Crippen LogP contribution in [0.25, 0.3) is 0 Å². The maximum Gasteiger partial charge on any atom is 0.335 e. The zero-order chi connectivity index (χ0) is 12.3. The van der Waals surface area contributed by atoms with Gasteiger partial charge in [-0.3, -0.25) is 0 Å². The monoisotopic (exact) mass is 224 g/mol. The quantitative estimate of drug-likeness (QED) is 0.810. The van der Waals surface area contributed by atoms with E-state index in [1.165, 1.54) is 6.92 Å². The summed E-state index contributed by atoms with van der Waals surface area (Å²) in [6.07, 6.45) is 0.0545. The lowest BCUT2D eigenvalue weighted by Gasteiger charge is -2.18. The number of benzene rings is 1. The van der Waals surface area contributed by atoms with E-state index in [0.29, 0.717) is 5.75 Å². The number of ether oxygens (including phenoxy) is 1. The van der Waals surface area contributed by atoms with Gasteiger partial charge >= 0.3 is 5.97 Å². The predicted molar refractivity (Wildman–Crippen MR) is 59.7 cm³/mol. The van der Waals surface area contributed by atoms with Crippen LogP contribution in [0.2, 0.25) is 0 Å². The van der Waals surface area contributed by atoms with Gasteiger partial charge in [0.1, 0.15) is 5.75 Å². The molecule has 16 heavy (non-hydrogen) atoms. The van der Waals surface area contributed by atoms with E-state index >= 15 is 0 Å². The van der Waals surface area contributed by atoms with E-state index in [0.717, 1.165) is 11.1 Å². The minimum atomic E-state index is -1.75. The molecule has 0 bridgehead atoms. The minimum Gasteiger partial charge on any atom is -0.496 e. The Morgan fingerprint density at radius 1 is 1.50 bits per heavy atom. The van der Waals surface area contributed by atoms with Crippen molar-refractivity contribution in [2.75, 3.05) is 7.11 Å². The number of carboxylic acids is 1. The van der Waals surface area contributed by atoms with Crippen molar-refractivity contribution in [1.82, 2.24) is 0 Å². The third-order valence-electron chi connectivity index (χ3n) is 2.48. The van der Waals surface area contributed by atoms with Gasteiger partial charge in [0.05, 0.1) is 7.11 Å². The number of hydrogen-bond donors (Lipinski definition) is 2. The number of carbonyl (C=O) groups is 1. The summed E-state index contributed by atoms with van der Waals surface area (Å²) in [6, 6.07) is 5.37. The average Bonchev–Trinajstić information content (AvgIpc) is 2.20. The van der Waals surface area contributed by atoms with Crippen molar-refractivity contribution in [3.63, 3.8) is 0 Å². The fraction of sp³-hybridized carbons (Fsp3) is 0.417. The van der Waals surface area contributed by atoms with E-state index in [1.807, 2.05) is 13.0 Å². The van der Waals surface area contributed by atoms with Gasteiger partial charge in [0.15, 0.2) is 5.60 Å². The van der Waals surface area contributed by atoms with Gasteiger partial charge < -0.3 is 14.9 Å². The molecule has 0 spiro atoms. The summed E-state index contributed by atoms with van der Waals surface area (Å²) in [7, 11) is 1.56. The number of aryl methyl sites for hydroxylation is 1. The van der Waals surface area contributed by atoms with Crippen LogP contribution >= 0.6 is 0 Å². The Labute approximate surface area is 94.5 Å². The van der Waals surface area contributed by atoms with E-state index in [-0.39, 0.29) is 6.42 Å². The van der Waals surface area contributed by atoms with Crippen LogP contribution < -0.4 is 4.74 Å². The zero-order valence-electron chi connectivity index (χ0n) is 9.65. The molecule has 0 fully saturated rings. The summed E-state index contributed by atoms with van der Waals surface area (Å²) in [5.74, 6) is -0.536. The number of rotatable bonds is 4. The second-order valence-electron chi connectivity index (χ2n) is 4.06. The molecule has 2 N–H and O–H groups in total. The van der Waals surface area contributed by atoms with Crippen molar-refractivity contribution in [2.45, 2.75) is 25.9 Å². The molecule has 0 heterocycles. The van der Waals surface area contributed by atoms with Crippen LogP contribution in [-0.4, -0.2) is 28.9 Å². The highest BCUT2D eigenvalue weighted by Gasteiger charge is 2.30. The van der Waals surface area contributed by atoms with Crippen molar-refractivity contribution >= 4 is 5.97 Å². The standard InChI is InChI=1S/C12H16O4/c1-8-4-5-9(6-10(8)16-3)7-12(2,15)11(13)14/h4-6,15H,7H2,1-3H3,(H,13,14). The maximum absolute atomic E-state index is 10.8. The first-order chi connectivity index (χ1) is 7.36. The van der Waals surface area contributed by atoms with Gasteiger partial charge in [0.25, 0.3) is 0 Å². The second kappa shape index (κ2) is 4.53. The maximum atomic E-state index is 10.8. The molecule has 4 heteroatoms. The second-order valence-corrected chi connectivity index (χ2v) is 4.06. The Hall–Kier alpha value is -1.55. The lowest BCUT2D eigenvalue weighted by atomic mass is 9.96. The molecule has 1 aromatic carbocycles. The SMILES string of the molecule is COc1cc(CC(C)(O)C(=O)O)ccc1C. The van der Waals surface area contributed by atoms with Crippen LogP contribution in [0.5, 0.6) is 5.75 Å². The summed E-state index contributed by atoms with van der Waals surface area (Å²) in [5, 5.41) is 18.4. The summed E-state index contributed by atoms with van der Waals surface area (Å²) in [6.45, 7) is 3.18. The molecule has 1 aromatic rings. The van der Waals surface area contributed by atoms with Crippen molar-refractivity contribution < 1.29 is 19.7 Å². The molecule has 1 atom stereocenters. The Morgan fingerprint density at radius 2 is 2.12 bits per heavy atom. The van der Waals surface area contributed by atoms with Gasteiger partial charge in [-0.15, -0.1) is 0 Å². The fourth-order valence-corrected chi connectivity index (χ4v) is 1.45. The summed E-state index contributed by atoms with van der Waals surface area (Å²) >= 11 is 0. The zero-order valence-corrected chi connectivity index (χ0v) is 9.65. The molecular weight excluding hydrogens is 208 g/mol. The first kappa shape index (κ1) is 12.5. The molecule has 0 saturated carbocycles. The lowest BCUT2D eigenvalue weighted by Crippen LogP contribution is -2.37. The molecule has 1 rings (SSSR count). The molecule has 0 aliphatic heterocycles. The van der Waals surface area contributed by atoms with Crippen LogP contribution in [-0.2, 0) is 11.2 Å². The summed E-state index contributed by atoms with van der Waals surface area (Å²) in [4.78, 5) is 10.8. The van der Waals surface area contributed by atoms with E-state index < -0.39 is 11.6 Å². The summed E-state index contributed by atoms with van der Waals surface area (Å²) < 4.78 is 5.13. The van der Waals surface area contributed by atoms with Gasteiger partial charge in [-0.2, -0.15) is 0 Å². The van der Waals surface area contributed by atoms with E-state index in [4.69, 9.17) is 9.84 Å².